The normalized spacial score (nSPS) is 19.3. The van der Waals surface area contributed by atoms with Gasteiger partial charge in [-0.3, -0.25) is 14.4 Å². The summed E-state index contributed by atoms with van der Waals surface area (Å²) in [5, 5.41) is 12.4. The monoisotopic (exact) mass is 432 g/mol. The molecule has 1 aromatic heterocycles. The van der Waals surface area contributed by atoms with E-state index in [0.29, 0.717) is 5.75 Å². The average molecular weight is 433 g/mol. The maximum absolute atomic E-state index is 12.6. The van der Waals surface area contributed by atoms with Gasteiger partial charge in [0.1, 0.15) is 12.1 Å². The van der Waals surface area contributed by atoms with Crippen molar-refractivity contribution in [3.8, 4) is 16.2 Å². The first kappa shape index (κ1) is 21.7. The van der Waals surface area contributed by atoms with Crippen LogP contribution in [0.25, 0.3) is 10.4 Å². The fraction of sp³-hybridized carbons (Fsp3) is 0.400. The van der Waals surface area contributed by atoms with E-state index in [9.17, 15) is 19.5 Å². The van der Waals surface area contributed by atoms with Gasteiger partial charge in [-0.15, -0.1) is 11.3 Å². The smallest absolute Gasteiger partial charge is 0.275 e. The molecular weight excluding hydrogens is 408 g/mol. The number of benzene rings is 1. The van der Waals surface area contributed by atoms with Crippen molar-refractivity contribution in [2.75, 3.05) is 6.54 Å². The van der Waals surface area contributed by atoms with Crippen LogP contribution in [-0.2, 0) is 14.4 Å². The predicted molar refractivity (Wildman–Crippen MR) is 110 cm³/mol. The number of rotatable bonds is 6. The molecule has 1 saturated heterocycles. The predicted octanol–water partition coefficient (Wildman–Crippen LogP) is 1.01. The number of likely N-dealkylation sites (tertiary alicyclic amines) is 1. The summed E-state index contributed by atoms with van der Waals surface area (Å²) >= 11 is 1.54. The fourth-order valence-electron chi connectivity index (χ4n) is 3.35. The van der Waals surface area contributed by atoms with E-state index < -0.39 is 30.0 Å². The summed E-state index contributed by atoms with van der Waals surface area (Å²) in [6.07, 6.45) is -0.728. The number of nitrogens with zero attached hydrogens (tertiary/aromatic N) is 2. The Morgan fingerprint density at radius 3 is 2.60 bits per heavy atom. The van der Waals surface area contributed by atoms with Crippen LogP contribution in [0.3, 0.4) is 0 Å². The molecule has 1 fully saturated rings. The molecule has 2 aromatic rings. The molecule has 1 unspecified atom stereocenters. The number of carbonyl (C=O) groups excluding carboxylic acids is 3. The summed E-state index contributed by atoms with van der Waals surface area (Å²) in [6.45, 7) is 4.80. The summed E-state index contributed by atoms with van der Waals surface area (Å²) in [7, 11) is 0. The highest BCUT2D eigenvalue weighted by molar-refractivity contribution is 7.13. The maximum atomic E-state index is 12.6. The second-order valence-electron chi connectivity index (χ2n) is 7.18. The number of nitrogens with one attached hydrogen (secondary N) is 2. The molecule has 2 heterocycles. The van der Waals surface area contributed by atoms with Crippen molar-refractivity contribution < 1.29 is 24.3 Å². The fourth-order valence-corrected chi connectivity index (χ4v) is 4.16. The van der Waals surface area contributed by atoms with Crippen molar-refractivity contribution >= 4 is 29.1 Å². The number of aliphatic hydroxyl groups is 1. The molecule has 0 radical (unpaired) electrons. The molecule has 1 aliphatic rings. The standard InChI is InChI=1S/C20H24N4O5S/c1-11-18(30-10-21-11)14-4-6-16(7-5-14)29-23-19(27)17-8-15(26)9-24(17)20(28)12(2)22-13(3)25/h4-7,10,12,15,17,26H,8-9H2,1-3H3,(H,22,25)(H,23,27)/t12?,15-,17+/m1/s1. The Kier molecular flexibility index (Phi) is 6.68. The lowest BCUT2D eigenvalue weighted by atomic mass is 10.1. The van der Waals surface area contributed by atoms with Gasteiger partial charge in [-0.1, -0.05) is 0 Å². The molecule has 0 aliphatic carbocycles. The van der Waals surface area contributed by atoms with E-state index in [-0.39, 0.29) is 18.9 Å². The molecule has 30 heavy (non-hydrogen) atoms. The van der Waals surface area contributed by atoms with E-state index in [1.165, 1.54) is 18.7 Å². The molecule has 1 aliphatic heterocycles. The van der Waals surface area contributed by atoms with E-state index in [1.54, 1.807) is 29.0 Å². The maximum Gasteiger partial charge on any atom is 0.275 e. The summed E-state index contributed by atoms with van der Waals surface area (Å²) in [4.78, 5) is 48.3. The third-order valence-corrected chi connectivity index (χ3v) is 5.76. The molecule has 9 nitrogen and oxygen atoms in total. The van der Waals surface area contributed by atoms with Crippen LogP contribution >= 0.6 is 11.3 Å². The lowest BCUT2D eigenvalue weighted by molar-refractivity contribution is -0.143. The lowest BCUT2D eigenvalue weighted by Gasteiger charge is -2.26. The molecule has 3 N–H and O–H groups in total. The van der Waals surface area contributed by atoms with Crippen molar-refractivity contribution in [2.45, 2.75) is 45.4 Å². The number of amides is 3. The van der Waals surface area contributed by atoms with Crippen LogP contribution in [0.1, 0.15) is 26.0 Å². The van der Waals surface area contributed by atoms with Crippen LogP contribution in [0, 0.1) is 6.92 Å². The molecule has 0 spiro atoms. The topological polar surface area (TPSA) is 121 Å². The van der Waals surface area contributed by atoms with Crippen molar-refractivity contribution in [3.63, 3.8) is 0 Å². The number of aromatic nitrogens is 1. The first-order valence-corrected chi connectivity index (χ1v) is 10.4. The summed E-state index contributed by atoms with van der Waals surface area (Å²) in [5.41, 5.74) is 6.07. The third kappa shape index (κ3) is 4.95. The van der Waals surface area contributed by atoms with Gasteiger partial charge in [0.15, 0.2) is 5.75 Å². The molecule has 1 aromatic carbocycles. The molecule has 160 valence electrons. The van der Waals surface area contributed by atoms with Gasteiger partial charge in [0.2, 0.25) is 11.8 Å². The van der Waals surface area contributed by atoms with Crippen LogP contribution in [0.5, 0.6) is 5.75 Å². The van der Waals surface area contributed by atoms with Gasteiger partial charge in [-0.25, -0.2) is 4.98 Å². The van der Waals surface area contributed by atoms with Gasteiger partial charge in [0, 0.05) is 19.9 Å². The number of aliphatic hydroxyl groups excluding tert-OH is 1. The van der Waals surface area contributed by atoms with Crippen molar-refractivity contribution in [3.05, 3.63) is 35.5 Å². The Morgan fingerprint density at radius 2 is 2.00 bits per heavy atom. The van der Waals surface area contributed by atoms with Gasteiger partial charge < -0.3 is 20.2 Å². The van der Waals surface area contributed by atoms with Crippen molar-refractivity contribution in [2.24, 2.45) is 0 Å². The summed E-state index contributed by atoms with van der Waals surface area (Å²) < 4.78 is 0. The zero-order valence-electron chi connectivity index (χ0n) is 16.9. The number of β-amino-alcohol motifs (C(OH)–C–C–N with tert-alkyl or cyclic N) is 1. The van der Waals surface area contributed by atoms with Crippen molar-refractivity contribution in [1.29, 1.82) is 0 Å². The molecule has 0 bridgehead atoms. The average Bonchev–Trinajstić information content (AvgIpc) is 3.31. The SMILES string of the molecule is CC(=O)NC(C)C(=O)N1C[C@H](O)C[C@H]1C(=O)NOc1ccc(-c2scnc2C)cc1. The van der Waals surface area contributed by atoms with Crippen LogP contribution in [-0.4, -0.2) is 57.4 Å². The van der Waals surface area contributed by atoms with Gasteiger partial charge in [0.05, 0.1) is 22.2 Å². The first-order valence-electron chi connectivity index (χ1n) is 9.49. The van der Waals surface area contributed by atoms with E-state index in [2.05, 4.69) is 15.8 Å². The van der Waals surface area contributed by atoms with E-state index in [4.69, 9.17) is 4.84 Å². The minimum absolute atomic E-state index is 0.0176. The summed E-state index contributed by atoms with van der Waals surface area (Å²) in [5.74, 6) is -0.905. The Bertz CT molecular complexity index is 930. The summed E-state index contributed by atoms with van der Waals surface area (Å²) in [6, 6.07) is 5.49. The zero-order chi connectivity index (χ0) is 21.8. The second kappa shape index (κ2) is 9.23. The highest BCUT2D eigenvalue weighted by Gasteiger charge is 2.40. The van der Waals surface area contributed by atoms with Gasteiger partial charge in [-0.05, 0) is 43.7 Å². The van der Waals surface area contributed by atoms with Gasteiger partial charge >= 0.3 is 0 Å². The van der Waals surface area contributed by atoms with E-state index >= 15 is 0 Å². The molecule has 3 atom stereocenters. The van der Waals surface area contributed by atoms with E-state index in [1.807, 2.05) is 19.1 Å². The number of thiazole rings is 1. The Balaban J connectivity index is 1.61. The number of aryl methyl sites for hydroxylation is 1. The Labute approximate surface area is 178 Å². The highest BCUT2D eigenvalue weighted by atomic mass is 32.1. The second-order valence-corrected chi connectivity index (χ2v) is 8.03. The quantitative estimate of drug-likeness (QED) is 0.586. The lowest BCUT2D eigenvalue weighted by Crippen LogP contribution is -2.52. The highest BCUT2D eigenvalue weighted by Crippen LogP contribution is 2.28. The largest absolute Gasteiger partial charge is 0.391 e. The van der Waals surface area contributed by atoms with E-state index in [0.717, 1.165) is 16.1 Å². The number of carbonyl (C=O) groups is 3. The molecular formula is C20H24N4O5S. The molecule has 3 rings (SSSR count). The minimum atomic E-state index is -0.886. The Morgan fingerprint density at radius 1 is 1.30 bits per heavy atom. The number of hydrogen-bond acceptors (Lipinski definition) is 7. The van der Waals surface area contributed by atoms with Crippen LogP contribution < -0.4 is 15.6 Å². The zero-order valence-corrected chi connectivity index (χ0v) is 17.7. The first-order chi connectivity index (χ1) is 14.3. The van der Waals surface area contributed by atoms with Gasteiger partial charge in [0.25, 0.3) is 5.91 Å². The minimum Gasteiger partial charge on any atom is -0.391 e. The molecule has 0 saturated carbocycles. The van der Waals surface area contributed by atoms with Crippen LogP contribution in [0.4, 0.5) is 0 Å². The van der Waals surface area contributed by atoms with Gasteiger partial charge in [-0.2, -0.15) is 5.48 Å². The molecule has 3 amide bonds. The van der Waals surface area contributed by atoms with Crippen LogP contribution in [0.2, 0.25) is 0 Å². The number of hydroxylamine groups is 1. The Hall–Kier alpha value is -2.98. The number of hydrogen-bond donors (Lipinski definition) is 3. The third-order valence-electron chi connectivity index (χ3n) is 4.79. The molecule has 10 heteroatoms. The van der Waals surface area contributed by atoms with Crippen LogP contribution in [0.15, 0.2) is 29.8 Å². The van der Waals surface area contributed by atoms with Crippen molar-refractivity contribution in [1.82, 2.24) is 20.7 Å².